The van der Waals surface area contributed by atoms with Gasteiger partial charge in [0.25, 0.3) is 0 Å². The SMILES string of the molecule is CC(=O)Cc1c2n(c3ccccc13)CC(=O)C(C(C)=O)C2. The Balaban J connectivity index is 2.22. The van der Waals surface area contributed by atoms with E-state index in [2.05, 4.69) is 0 Å². The van der Waals surface area contributed by atoms with Crippen molar-refractivity contribution < 1.29 is 14.4 Å². The second kappa shape index (κ2) is 4.95. The van der Waals surface area contributed by atoms with E-state index >= 15 is 0 Å². The van der Waals surface area contributed by atoms with Crippen LogP contribution >= 0.6 is 0 Å². The van der Waals surface area contributed by atoms with Gasteiger partial charge in [-0.2, -0.15) is 0 Å². The lowest BCUT2D eigenvalue weighted by molar-refractivity contribution is -0.132. The van der Waals surface area contributed by atoms with Crippen LogP contribution in [0.15, 0.2) is 24.3 Å². The largest absolute Gasteiger partial charge is 0.337 e. The van der Waals surface area contributed by atoms with Crippen molar-refractivity contribution in [2.75, 3.05) is 0 Å². The van der Waals surface area contributed by atoms with E-state index in [4.69, 9.17) is 0 Å². The van der Waals surface area contributed by atoms with Crippen LogP contribution in [0.25, 0.3) is 10.9 Å². The molecule has 0 spiro atoms. The van der Waals surface area contributed by atoms with Crippen molar-refractivity contribution in [1.29, 1.82) is 0 Å². The summed E-state index contributed by atoms with van der Waals surface area (Å²) in [5.41, 5.74) is 2.90. The fourth-order valence-corrected chi connectivity index (χ4v) is 3.23. The molecule has 0 N–H and O–H groups in total. The van der Waals surface area contributed by atoms with Gasteiger partial charge >= 0.3 is 0 Å². The molecule has 0 saturated carbocycles. The highest BCUT2D eigenvalue weighted by molar-refractivity contribution is 6.03. The summed E-state index contributed by atoms with van der Waals surface area (Å²) in [7, 11) is 0. The van der Waals surface area contributed by atoms with E-state index in [0.29, 0.717) is 12.8 Å². The topological polar surface area (TPSA) is 56.1 Å². The summed E-state index contributed by atoms with van der Waals surface area (Å²) in [4.78, 5) is 35.4. The monoisotopic (exact) mass is 283 g/mol. The van der Waals surface area contributed by atoms with Gasteiger partial charge in [-0.25, -0.2) is 0 Å². The molecule has 1 atom stereocenters. The highest BCUT2D eigenvalue weighted by atomic mass is 16.2. The molecule has 1 unspecified atom stereocenters. The fraction of sp³-hybridized carbons (Fsp3) is 0.353. The van der Waals surface area contributed by atoms with Gasteiger partial charge in [0, 0.05) is 29.4 Å². The number of para-hydroxylation sites is 1. The molecular formula is C17H17NO3. The Morgan fingerprint density at radius 2 is 1.95 bits per heavy atom. The van der Waals surface area contributed by atoms with Gasteiger partial charge in [-0.15, -0.1) is 0 Å². The molecule has 1 aliphatic heterocycles. The molecule has 4 nitrogen and oxygen atoms in total. The van der Waals surface area contributed by atoms with Gasteiger partial charge in [0.05, 0.1) is 12.5 Å². The molecular weight excluding hydrogens is 266 g/mol. The highest BCUT2D eigenvalue weighted by Crippen LogP contribution is 2.32. The Morgan fingerprint density at radius 3 is 2.62 bits per heavy atom. The number of nitrogens with zero attached hydrogens (tertiary/aromatic N) is 1. The van der Waals surface area contributed by atoms with E-state index in [-0.39, 0.29) is 23.9 Å². The number of ketones is 3. The molecule has 0 bridgehead atoms. The summed E-state index contributed by atoms with van der Waals surface area (Å²) in [5.74, 6) is -0.603. The first-order valence-corrected chi connectivity index (χ1v) is 7.10. The van der Waals surface area contributed by atoms with Gasteiger partial charge in [-0.3, -0.25) is 14.4 Å². The van der Waals surface area contributed by atoms with Crippen molar-refractivity contribution >= 4 is 28.3 Å². The number of carbonyl (C=O) groups excluding carboxylic acids is 3. The minimum absolute atomic E-state index is 0.0369. The standard InChI is InChI=1S/C17H17NO3/c1-10(19)7-14-12-5-3-4-6-15(12)18-9-17(21)13(11(2)20)8-16(14)18/h3-6,13H,7-9H2,1-2H3. The number of hydrogen-bond donors (Lipinski definition) is 0. The lowest BCUT2D eigenvalue weighted by Crippen LogP contribution is -2.34. The van der Waals surface area contributed by atoms with E-state index < -0.39 is 5.92 Å². The van der Waals surface area contributed by atoms with Crippen molar-refractivity contribution in [2.45, 2.75) is 33.2 Å². The molecule has 1 aliphatic rings. The van der Waals surface area contributed by atoms with Crippen LogP contribution in [0.1, 0.15) is 25.1 Å². The van der Waals surface area contributed by atoms with Gasteiger partial charge < -0.3 is 4.57 Å². The van der Waals surface area contributed by atoms with Crippen molar-refractivity contribution in [3.8, 4) is 0 Å². The summed E-state index contributed by atoms with van der Waals surface area (Å²) in [5, 5.41) is 1.01. The maximum absolute atomic E-state index is 12.2. The van der Waals surface area contributed by atoms with Crippen LogP contribution in [0.2, 0.25) is 0 Å². The Morgan fingerprint density at radius 1 is 1.24 bits per heavy atom. The van der Waals surface area contributed by atoms with Crippen LogP contribution < -0.4 is 0 Å². The summed E-state index contributed by atoms with van der Waals surface area (Å²) in [6.45, 7) is 3.25. The Hall–Kier alpha value is -2.23. The van der Waals surface area contributed by atoms with Crippen molar-refractivity contribution in [3.63, 3.8) is 0 Å². The normalized spacial score (nSPS) is 17.8. The first kappa shape index (κ1) is 13.7. The zero-order chi connectivity index (χ0) is 15.1. The highest BCUT2D eigenvalue weighted by Gasteiger charge is 2.33. The minimum Gasteiger partial charge on any atom is -0.337 e. The first-order chi connectivity index (χ1) is 9.99. The molecule has 0 fully saturated rings. The molecule has 0 saturated heterocycles. The van der Waals surface area contributed by atoms with Crippen LogP contribution in [0, 0.1) is 5.92 Å². The molecule has 0 radical (unpaired) electrons. The minimum atomic E-state index is -0.562. The molecule has 1 aromatic carbocycles. The van der Waals surface area contributed by atoms with Gasteiger partial charge in [0.15, 0.2) is 5.78 Å². The Labute approximate surface area is 122 Å². The lowest BCUT2D eigenvalue weighted by Gasteiger charge is -2.22. The second-order valence-corrected chi connectivity index (χ2v) is 5.74. The summed E-state index contributed by atoms with van der Waals surface area (Å²) < 4.78 is 1.97. The average Bonchev–Trinajstić information content (AvgIpc) is 2.71. The van der Waals surface area contributed by atoms with Crippen molar-refractivity contribution in [2.24, 2.45) is 5.92 Å². The third kappa shape index (κ3) is 2.20. The molecule has 0 amide bonds. The summed E-state index contributed by atoms with van der Waals surface area (Å²) in [6, 6.07) is 7.80. The molecule has 0 aliphatic carbocycles. The predicted molar refractivity (Wildman–Crippen MR) is 79.2 cm³/mol. The number of rotatable bonds is 3. The molecule has 4 heteroatoms. The zero-order valence-corrected chi connectivity index (χ0v) is 12.2. The van der Waals surface area contributed by atoms with Gasteiger partial charge in [-0.05, 0) is 25.5 Å². The van der Waals surface area contributed by atoms with Crippen LogP contribution in [0.5, 0.6) is 0 Å². The van der Waals surface area contributed by atoms with Gasteiger partial charge in [0.2, 0.25) is 0 Å². The van der Waals surface area contributed by atoms with E-state index in [1.807, 2.05) is 28.8 Å². The molecule has 1 aromatic heterocycles. The average molecular weight is 283 g/mol. The smallest absolute Gasteiger partial charge is 0.163 e. The number of carbonyl (C=O) groups is 3. The lowest BCUT2D eigenvalue weighted by atomic mass is 9.89. The van der Waals surface area contributed by atoms with Crippen LogP contribution in [-0.2, 0) is 33.8 Å². The third-order valence-corrected chi connectivity index (χ3v) is 4.21. The second-order valence-electron chi connectivity index (χ2n) is 5.74. The number of fused-ring (bicyclic) bond motifs is 3. The van der Waals surface area contributed by atoms with Crippen molar-refractivity contribution in [1.82, 2.24) is 4.57 Å². The van der Waals surface area contributed by atoms with Crippen LogP contribution in [-0.4, -0.2) is 21.9 Å². The van der Waals surface area contributed by atoms with E-state index in [1.54, 1.807) is 6.92 Å². The van der Waals surface area contributed by atoms with Crippen LogP contribution in [0.3, 0.4) is 0 Å². The molecule has 2 aromatic rings. The number of Topliss-reactive ketones (excluding diaryl/α,β-unsaturated/α-hetero) is 3. The predicted octanol–water partition coefficient (Wildman–Crippen LogP) is 2.10. The summed E-state index contributed by atoms with van der Waals surface area (Å²) in [6.07, 6.45) is 0.757. The number of benzene rings is 1. The van der Waals surface area contributed by atoms with Crippen molar-refractivity contribution in [3.05, 3.63) is 35.5 Å². The molecule has 108 valence electrons. The fourth-order valence-electron chi connectivity index (χ4n) is 3.23. The van der Waals surface area contributed by atoms with Gasteiger partial charge in [0.1, 0.15) is 11.6 Å². The maximum Gasteiger partial charge on any atom is 0.163 e. The van der Waals surface area contributed by atoms with E-state index in [0.717, 1.165) is 22.2 Å². The summed E-state index contributed by atoms with van der Waals surface area (Å²) >= 11 is 0. The quantitative estimate of drug-likeness (QED) is 0.811. The van der Waals surface area contributed by atoms with E-state index in [9.17, 15) is 14.4 Å². The van der Waals surface area contributed by atoms with Crippen LogP contribution in [0.4, 0.5) is 0 Å². The Kier molecular flexibility index (Phi) is 3.24. The molecule has 3 rings (SSSR count). The van der Waals surface area contributed by atoms with Gasteiger partial charge in [-0.1, -0.05) is 18.2 Å². The third-order valence-electron chi connectivity index (χ3n) is 4.21. The zero-order valence-electron chi connectivity index (χ0n) is 12.2. The molecule has 2 heterocycles. The molecule has 21 heavy (non-hydrogen) atoms. The maximum atomic E-state index is 12.2. The van der Waals surface area contributed by atoms with E-state index in [1.165, 1.54) is 6.92 Å². The Bertz CT molecular complexity index is 770. The number of hydrogen-bond acceptors (Lipinski definition) is 3. The first-order valence-electron chi connectivity index (χ1n) is 7.10. The number of aromatic nitrogens is 1.